The van der Waals surface area contributed by atoms with Gasteiger partial charge in [0, 0.05) is 12.5 Å². The summed E-state index contributed by atoms with van der Waals surface area (Å²) in [5.41, 5.74) is 0.422. The Labute approximate surface area is 179 Å². The lowest BCUT2D eigenvalue weighted by Crippen LogP contribution is -2.44. The van der Waals surface area contributed by atoms with Crippen LogP contribution < -0.4 is 9.47 Å². The van der Waals surface area contributed by atoms with Gasteiger partial charge in [0.25, 0.3) is 5.88 Å². The van der Waals surface area contributed by atoms with Crippen LogP contribution in [0.1, 0.15) is 27.2 Å². The molecule has 2 atom stereocenters. The SMILES string of the molecule is COC(=O)[C@@H]1CC(Oc2nc3cc(OC)ccc3nc2Cl)CN1C(=O)OC(C)(C)C. The molecule has 2 heterocycles. The van der Waals surface area contributed by atoms with E-state index in [1.807, 2.05) is 0 Å². The summed E-state index contributed by atoms with van der Waals surface area (Å²) < 4.78 is 21.4. The van der Waals surface area contributed by atoms with E-state index in [-0.39, 0.29) is 24.0 Å². The number of esters is 1. The number of carbonyl (C=O) groups excluding carboxylic acids is 2. The van der Waals surface area contributed by atoms with Crippen molar-refractivity contribution >= 4 is 34.7 Å². The molecule has 1 aromatic heterocycles. The van der Waals surface area contributed by atoms with Gasteiger partial charge in [0.2, 0.25) is 0 Å². The first-order chi connectivity index (χ1) is 14.1. The highest BCUT2D eigenvalue weighted by atomic mass is 35.5. The zero-order valence-corrected chi connectivity index (χ0v) is 18.2. The fraction of sp³-hybridized carbons (Fsp3) is 0.500. The average Bonchev–Trinajstić information content (AvgIpc) is 3.10. The lowest BCUT2D eigenvalue weighted by Gasteiger charge is -2.27. The van der Waals surface area contributed by atoms with Crippen molar-refractivity contribution in [3.05, 3.63) is 23.4 Å². The maximum Gasteiger partial charge on any atom is 0.411 e. The molecule has 1 amide bonds. The van der Waals surface area contributed by atoms with Crippen LogP contribution in [0, 0.1) is 0 Å². The van der Waals surface area contributed by atoms with Crippen LogP contribution in [-0.4, -0.2) is 65.4 Å². The molecule has 162 valence electrons. The number of likely N-dealkylation sites (tertiary alicyclic amines) is 1. The van der Waals surface area contributed by atoms with Gasteiger partial charge in [0.15, 0.2) is 5.15 Å². The van der Waals surface area contributed by atoms with E-state index in [2.05, 4.69) is 9.97 Å². The van der Waals surface area contributed by atoms with Crippen LogP contribution in [0.5, 0.6) is 11.6 Å². The van der Waals surface area contributed by atoms with Gasteiger partial charge in [-0.3, -0.25) is 4.90 Å². The van der Waals surface area contributed by atoms with Crippen molar-refractivity contribution in [3.63, 3.8) is 0 Å². The highest BCUT2D eigenvalue weighted by Crippen LogP contribution is 2.30. The number of ether oxygens (including phenoxy) is 4. The zero-order chi connectivity index (χ0) is 22.1. The predicted molar refractivity (Wildman–Crippen MR) is 109 cm³/mol. The molecule has 1 aliphatic rings. The Morgan fingerprint density at radius 1 is 1.17 bits per heavy atom. The van der Waals surface area contributed by atoms with Crippen molar-refractivity contribution in [3.8, 4) is 11.6 Å². The summed E-state index contributed by atoms with van der Waals surface area (Å²) in [5, 5.41) is 0.0815. The first-order valence-corrected chi connectivity index (χ1v) is 9.74. The van der Waals surface area contributed by atoms with E-state index in [4.69, 9.17) is 30.5 Å². The van der Waals surface area contributed by atoms with E-state index in [9.17, 15) is 9.59 Å². The molecule has 0 radical (unpaired) electrons. The number of amides is 1. The third-order valence-electron chi connectivity index (χ3n) is 4.44. The van der Waals surface area contributed by atoms with Gasteiger partial charge in [-0.15, -0.1) is 0 Å². The minimum Gasteiger partial charge on any atom is -0.497 e. The van der Waals surface area contributed by atoms with Crippen LogP contribution >= 0.6 is 11.6 Å². The van der Waals surface area contributed by atoms with Crippen LogP contribution in [0.4, 0.5) is 4.79 Å². The number of methoxy groups -OCH3 is 2. The summed E-state index contributed by atoms with van der Waals surface area (Å²) in [4.78, 5) is 34.8. The van der Waals surface area contributed by atoms with E-state index in [0.717, 1.165) is 0 Å². The van der Waals surface area contributed by atoms with Crippen LogP contribution in [0.15, 0.2) is 18.2 Å². The van der Waals surface area contributed by atoms with Crippen LogP contribution in [0.2, 0.25) is 5.15 Å². The standard InChI is InChI=1S/C20H24ClN3O6/c1-20(2,3)30-19(26)24-10-12(9-15(24)18(25)28-5)29-17-16(21)22-13-7-6-11(27-4)8-14(13)23-17/h6-8,12,15H,9-10H2,1-5H3/t12?,15-/m0/s1. The van der Waals surface area contributed by atoms with Gasteiger partial charge < -0.3 is 18.9 Å². The summed E-state index contributed by atoms with van der Waals surface area (Å²) in [6.45, 7) is 5.37. The summed E-state index contributed by atoms with van der Waals surface area (Å²) in [7, 11) is 2.82. The number of nitrogens with zero attached hydrogens (tertiary/aromatic N) is 3. The number of rotatable bonds is 4. The smallest absolute Gasteiger partial charge is 0.411 e. The molecular formula is C20H24ClN3O6. The Morgan fingerprint density at radius 2 is 1.90 bits per heavy atom. The molecule has 0 aliphatic carbocycles. The van der Waals surface area contributed by atoms with Gasteiger partial charge in [0.1, 0.15) is 23.5 Å². The molecule has 1 saturated heterocycles. The molecule has 0 N–H and O–H groups in total. The summed E-state index contributed by atoms with van der Waals surface area (Å²) >= 11 is 6.24. The van der Waals surface area contributed by atoms with Crippen molar-refractivity contribution in [2.24, 2.45) is 0 Å². The maximum absolute atomic E-state index is 12.6. The molecule has 0 spiro atoms. The molecule has 9 nitrogen and oxygen atoms in total. The molecule has 0 bridgehead atoms. The average molecular weight is 438 g/mol. The minimum atomic E-state index is -0.831. The number of aromatic nitrogens is 2. The Balaban J connectivity index is 1.83. The molecule has 0 saturated carbocycles. The van der Waals surface area contributed by atoms with E-state index in [0.29, 0.717) is 16.8 Å². The fourth-order valence-electron chi connectivity index (χ4n) is 3.12. The summed E-state index contributed by atoms with van der Waals surface area (Å²) in [5.74, 6) is 0.178. The molecular weight excluding hydrogens is 414 g/mol. The van der Waals surface area contributed by atoms with Gasteiger partial charge in [-0.05, 0) is 32.9 Å². The molecule has 1 fully saturated rings. The minimum absolute atomic E-state index is 0.0815. The van der Waals surface area contributed by atoms with Gasteiger partial charge in [-0.2, -0.15) is 0 Å². The van der Waals surface area contributed by atoms with Gasteiger partial charge in [-0.25, -0.2) is 19.6 Å². The third kappa shape index (κ3) is 4.84. The molecule has 1 aromatic carbocycles. The van der Waals surface area contributed by atoms with Crippen molar-refractivity contribution in [1.82, 2.24) is 14.9 Å². The van der Waals surface area contributed by atoms with Gasteiger partial charge >= 0.3 is 12.1 Å². The van der Waals surface area contributed by atoms with Crippen molar-refractivity contribution in [1.29, 1.82) is 0 Å². The number of fused-ring (bicyclic) bond motifs is 1. The summed E-state index contributed by atoms with van der Waals surface area (Å²) in [6, 6.07) is 4.38. The molecule has 10 heteroatoms. The Kier molecular flexibility index (Phi) is 6.21. The van der Waals surface area contributed by atoms with E-state index < -0.39 is 29.8 Å². The van der Waals surface area contributed by atoms with Crippen molar-refractivity contribution in [2.45, 2.75) is 44.9 Å². The first kappa shape index (κ1) is 21.9. The predicted octanol–water partition coefficient (Wildman–Crippen LogP) is 3.22. The third-order valence-corrected chi connectivity index (χ3v) is 4.69. The normalized spacial score (nSPS) is 18.9. The second-order valence-electron chi connectivity index (χ2n) is 7.82. The van der Waals surface area contributed by atoms with E-state index in [1.54, 1.807) is 46.1 Å². The van der Waals surface area contributed by atoms with Crippen LogP contribution in [0.25, 0.3) is 11.0 Å². The van der Waals surface area contributed by atoms with Gasteiger partial charge in [0.05, 0.1) is 31.8 Å². The lowest BCUT2D eigenvalue weighted by molar-refractivity contribution is -0.145. The summed E-state index contributed by atoms with van der Waals surface area (Å²) in [6.07, 6.45) is -0.957. The highest BCUT2D eigenvalue weighted by Gasteiger charge is 2.43. The fourth-order valence-corrected chi connectivity index (χ4v) is 3.30. The molecule has 2 aromatic rings. The number of benzene rings is 1. The van der Waals surface area contributed by atoms with Crippen molar-refractivity contribution in [2.75, 3.05) is 20.8 Å². The van der Waals surface area contributed by atoms with Crippen molar-refractivity contribution < 1.29 is 28.5 Å². The molecule has 1 unspecified atom stereocenters. The molecule has 1 aliphatic heterocycles. The Bertz CT molecular complexity index is 961. The molecule has 3 rings (SSSR count). The number of hydrogen-bond donors (Lipinski definition) is 0. The number of halogens is 1. The largest absolute Gasteiger partial charge is 0.497 e. The molecule has 30 heavy (non-hydrogen) atoms. The zero-order valence-electron chi connectivity index (χ0n) is 17.5. The second-order valence-corrected chi connectivity index (χ2v) is 8.18. The first-order valence-electron chi connectivity index (χ1n) is 9.36. The number of hydrogen-bond acceptors (Lipinski definition) is 8. The van der Waals surface area contributed by atoms with E-state index >= 15 is 0 Å². The van der Waals surface area contributed by atoms with Crippen LogP contribution in [-0.2, 0) is 14.3 Å². The van der Waals surface area contributed by atoms with Crippen LogP contribution in [0.3, 0.4) is 0 Å². The van der Waals surface area contributed by atoms with Gasteiger partial charge in [-0.1, -0.05) is 11.6 Å². The second kappa shape index (κ2) is 8.51. The Hall–Kier alpha value is -2.81. The quantitative estimate of drug-likeness (QED) is 0.672. The topological polar surface area (TPSA) is 100 Å². The maximum atomic E-state index is 12.6. The number of carbonyl (C=O) groups is 2. The monoisotopic (exact) mass is 437 g/mol. The highest BCUT2D eigenvalue weighted by molar-refractivity contribution is 6.31. The Morgan fingerprint density at radius 3 is 2.53 bits per heavy atom. The van der Waals surface area contributed by atoms with E-state index in [1.165, 1.54) is 12.0 Å². The lowest BCUT2D eigenvalue weighted by atomic mass is 10.2.